The van der Waals surface area contributed by atoms with E-state index in [0.717, 1.165) is 37.9 Å². The van der Waals surface area contributed by atoms with E-state index in [2.05, 4.69) is 51.0 Å². The van der Waals surface area contributed by atoms with Gasteiger partial charge in [-0.25, -0.2) is 10.4 Å². The Hall–Kier alpha value is -4.47. The maximum absolute atomic E-state index is 14.6. The molecule has 1 heterocycles. The van der Waals surface area contributed by atoms with Crippen molar-refractivity contribution in [2.75, 3.05) is 19.8 Å². The Morgan fingerprint density at radius 2 is 1.59 bits per heavy atom. The average Bonchev–Trinajstić information content (AvgIpc) is 3.52. The van der Waals surface area contributed by atoms with Gasteiger partial charge in [0.05, 0.1) is 6.61 Å². The number of amides is 1. The Kier molecular flexibility index (Phi) is 11.4. The molecule has 3 N–H and O–H groups in total. The lowest BCUT2D eigenvalue weighted by atomic mass is 9.82. The largest absolute Gasteiger partial charge is 0.494 e. The molecule has 1 aliphatic rings. The molecule has 5 aromatic carbocycles. The van der Waals surface area contributed by atoms with E-state index in [9.17, 15) is 4.79 Å². The van der Waals surface area contributed by atoms with Gasteiger partial charge < -0.3 is 14.6 Å². The lowest BCUT2D eigenvalue weighted by Gasteiger charge is -2.31. The second-order valence-corrected chi connectivity index (χ2v) is 13.1. The highest BCUT2D eigenvalue weighted by atomic mass is 79.9. The van der Waals surface area contributed by atoms with Crippen LogP contribution in [0, 0.1) is 0 Å². The van der Waals surface area contributed by atoms with E-state index in [-0.39, 0.29) is 18.9 Å². The van der Waals surface area contributed by atoms with Crippen molar-refractivity contribution >= 4 is 39.3 Å². The van der Waals surface area contributed by atoms with Crippen molar-refractivity contribution in [2.24, 2.45) is 4.99 Å². The van der Waals surface area contributed by atoms with Crippen molar-refractivity contribution in [2.45, 2.75) is 30.9 Å². The molecule has 0 radical (unpaired) electrons. The molecule has 0 unspecified atom stereocenters. The third-order valence-electron chi connectivity index (χ3n) is 8.40. The maximum Gasteiger partial charge on any atom is 0.266 e. The molecule has 1 amide bonds. The summed E-state index contributed by atoms with van der Waals surface area (Å²) >= 11 is 9.88. The molecule has 250 valence electrons. The maximum atomic E-state index is 14.6. The fourth-order valence-electron chi connectivity index (χ4n) is 5.85. The van der Waals surface area contributed by atoms with Gasteiger partial charge in [-0.1, -0.05) is 112 Å². The van der Waals surface area contributed by atoms with Crippen LogP contribution in [0.25, 0.3) is 11.1 Å². The van der Waals surface area contributed by atoms with Gasteiger partial charge in [0.1, 0.15) is 5.75 Å². The average molecular weight is 739 g/mol. The zero-order valence-electron chi connectivity index (χ0n) is 26.8. The molecule has 7 nitrogen and oxygen atoms in total. The topological polar surface area (TPSA) is 92.2 Å². The standard InChI is InChI=1S/C40H37BrClN3O4/c41-36-13-5-4-11-33(36)27-40(39(47)45-43-23-22-28-8-6-12-34(42)26-28)37(31-16-14-30(15-17-31)29-9-2-1-3-10-29)49-38(44-40)32-18-20-35(21-19-32)48-25-7-24-46/h1-6,8-21,26,37,43,46H,7,22-25,27H2,(H,45,47)/t37-,40-/m0/s1. The number of hydrazine groups is 1. The van der Waals surface area contributed by atoms with Crippen LogP contribution >= 0.6 is 27.5 Å². The van der Waals surface area contributed by atoms with Gasteiger partial charge in [0.25, 0.3) is 5.91 Å². The number of carbonyl (C=O) groups excluding carboxylic acids is 1. The molecule has 9 heteroatoms. The molecule has 0 saturated heterocycles. The first kappa shape index (κ1) is 34.4. The van der Waals surface area contributed by atoms with Crippen molar-refractivity contribution in [3.8, 4) is 16.9 Å². The van der Waals surface area contributed by atoms with Crippen molar-refractivity contribution in [1.82, 2.24) is 10.9 Å². The van der Waals surface area contributed by atoms with Crippen LogP contribution in [-0.2, 0) is 22.4 Å². The molecule has 6 rings (SSSR count). The number of ether oxygens (including phenoxy) is 2. The summed E-state index contributed by atoms with van der Waals surface area (Å²) in [5, 5.41) is 9.78. The second-order valence-electron chi connectivity index (χ2n) is 11.8. The molecular weight excluding hydrogens is 702 g/mol. The zero-order chi connectivity index (χ0) is 34.1. The number of rotatable bonds is 14. The first-order chi connectivity index (χ1) is 23.9. The van der Waals surface area contributed by atoms with E-state index in [1.807, 2.05) is 103 Å². The number of aliphatic hydroxyl groups is 1. The van der Waals surface area contributed by atoms with Gasteiger partial charge >= 0.3 is 0 Å². The quantitative estimate of drug-likeness (QED) is 0.0797. The summed E-state index contributed by atoms with van der Waals surface area (Å²) in [5.74, 6) is 0.718. The lowest BCUT2D eigenvalue weighted by Crippen LogP contribution is -2.54. The number of hydrogen-bond donors (Lipinski definition) is 3. The predicted octanol–water partition coefficient (Wildman–Crippen LogP) is 7.89. The summed E-state index contributed by atoms with van der Waals surface area (Å²) in [6, 6.07) is 41.2. The van der Waals surface area contributed by atoms with Gasteiger partial charge in [-0.2, -0.15) is 0 Å². The van der Waals surface area contributed by atoms with Gasteiger partial charge in [0.15, 0.2) is 11.6 Å². The van der Waals surface area contributed by atoms with Crippen LogP contribution < -0.4 is 15.6 Å². The molecule has 5 aromatic rings. The Morgan fingerprint density at radius 1 is 0.878 bits per heavy atom. The molecule has 0 aromatic heterocycles. The van der Waals surface area contributed by atoms with Crippen LogP contribution in [0.3, 0.4) is 0 Å². The van der Waals surface area contributed by atoms with Crippen LogP contribution in [0.5, 0.6) is 5.75 Å². The normalized spacial score (nSPS) is 16.9. The minimum atomic E-state index is -1.37. The molecule has 0 bridgehead atoms. The zero-order valence-corrected chi connectivity index (χ0v) is 29.2. The van der Waals surface area contributed by atoms with Crippen molar-refractivity contribution in [1.29, 1.82) is 0 Å². The number of aliphatic hydroxyl groups excluding tert-OH is 1. The number of hydrogen-bond acceptors (Lipinski definition) is 6. The monoisotopic (exact) mass is 737 g/mol. The number of halogens is 2. The van der Waals surface area contributed by atoms with Crippen molar-refractivity contribution < 1.29 is 19.4 Å². The minimum Gasteiger partial charge on any atom is -0.494 e. The molecule has 0 spiro atoms. The van der Waals surface area contributed by atoms with E-state index in [1.165, 1.54) is 0 Å². The van der Waals surface area contributed by atoms with Crippen LogP contribution in [0.15, 0.2) is 137 Å². The van der Waals surface area contributed by atoms with Crippen molar-refractivity contribution in [3.05, 3.63) is 159 Å². The fraction of sp³-hybridized carbons (Fsp3) is 0.200. The first-order valence-corrected chi connectivity index (χ1v) is 17.4. The summed E-state index contributed by atoms with van der Waals surface area (Å²) < 4.78 is 13.3. The van der Waals surface area contributed by atoms with E-state index in [0.29, 0.717) is 42.7 Å². The van der Waals surface area contributed by atoms with Gasteiger partial charge in [0.2, 0.25) is 5.90 Å². The minimum absolute atomic E-state index is 0.0631. The molecular formula is C40H37BrClN3O4. The van der Waals surface area contributed by atoms with E-state index >= 15 is 0 Å². The predicted molar refractivity (Wildman–Crippen MR) is 198 cm³/mol. The number of carbonyl (C=O) groups is 1. The van der Waals surface area contributed by atoms with Crippen LogP contribution in [0.2, 0.25) is 5.02 Å². The third kappa shape index (κ3) is 8.40. The molecule has 49 heavy (non-hydrogen) atoms. The Labute approximate surface area is 300 Å². The third-order valence-corrected chi connectivity index (χ3v) is 9.41. The van der Waals surface area contributed by atoms with E-state index in [1.54, 1.807) is 0 Å². The highest BCUT2D eigenvalue weighted by molar-refractivity contribution is 9.10. The summed E-state index contributed by atoms with van der Waals surface area (Å²) in [7, 11) is 0. The second kappa shape index (κ2) is 16.3. The van der Waals surface area contributed by atoms with Crippen LogP contribution in [0.1, 0.15) is 34.8 Å². The lowest BCUT2D eigenvalue weighted by molar-refractivity contribution is -0.130. The summed E-state index contributed by atoms with van der Waals surface area (Å²) in [5.41, 5.74) is 10.4. The molecule has 0 aliphatic carbocycles. The van der Waals surface area contributed by atoms with E-state index < -0.39 is 11.6 Å². The smallest absolute Gasteiger partial charge is 0.266 e. The number of nitrogens with zero attached hydrogens (tertiary/aromatic N) is 1. The SMILES string of the molecule is O=C(NNCCc1cccc(Cl)c1)[C@@]1(Cc2ccccc2Br)N=C(c2ccc(OCCCO)cc2)O[C@H]1c1ccc(-c2ccccc2)cc1. The highest BCUT2D eigenvalue weighted by Gasteiger charge is 2.53. The Bertz CT molecular complexity index is 1890. The van der Waals surface area contributed by atoms with Crippen molar-refractivity contribution in [3.63, 3.8) is 0 Å². The number of nitrogens with one attached hydrogen (secondary N) is 2. The van der Waals surface area contributed by atoms with Gasteiger partial charge in [0, 0.05) is 41.1 Å². The van der Waals surface area contributed by atoms with Gasteiger partial charge in [-0.3, -0.25) is 10.2 Å². The van der Waals surface area contributed by atoms with Gasteiger partial charge in [-0.05, 0) is 76.7 Å². The van der Waals surface area contributed by atoms with Crippen LogP contribution in [-0.4, -0.2) is 42.2 Å². The summed E-state index contributed by atoms with van der Waals surface area (Å²) in [6.07, 6.45) is 0.741. The summed E-state index contributed by atoms with van der Waals surface area (Å²) in [6.45, 7) is 0.963. The fourth-order valence-corrected chi connectivity index (χ4v) is 6.48. The summed E-state index contributed by atoms with van der Waals surface area (Å²) in [4.78, 5) is 19.7. The molecule has 0 fully saturated rings. The number of aliphatic imine (C=N–C) groups is 1. The van der Waals surface area contributed by atoms with E-state index in [4.69, 9.17) is 31.2 Å². The Morgan fingerprint density at radius 3 is 2.33 bits per heavy atom. The molecule has 2 atom stereocenters. The number of benzene rings is 5. The van der Waals surface area contributed by atoms with Crippen LogP contribution in [0.4, 0.5) is 0 Å². The molecule has 1 aliphatic heterocycles. The Balaban J connectivity index is 1.35. The molecule has 0 saturated carbocycles. The highest BCUT2D eigenvalue weighted by Crippen LogP contribution is 2.43. The van der Waals surface area contributed by atoms with Gasteiger partial charge in [-0.15, -0.1) is 0 Å². The first-order valence-electron chi connectivity index (χ1n) is 16.2.